The molecule has 1 aromatic heterocycles. The van der Waals surface area contributed by atoms with Crippen molar-refractivity contribution in [1.82, 2.24) is 9.13 Å². The average molecular weight is 280 g/mol. The van der Waals surface area contributed by atoms with Crippen molar-refractivity contribution in [3.8, 4) is 5.69 Å². The minimum Gasteiger partial charge on any atom is -0.297 e. The number of benzene rings is 1. The van der Waals surface area contributed by atoms with Crippen molar-refractivity contribution in [2.24, 2.45) is 0 Å². The van der Waals surface area contributed by atoms with E-state index in [-0.39, 0.29) is 11.7 Å². The molecule has 0 aliphatic heterocycles. The van der Waals surface area contributed by atoms with Gasteiger partial charge in [0.15, 0.2) is 11.6 Å². The minimum absolute atomic E-state index is 0.0111. The second-order valence-corrected chi connectivity index (χ2v) is 4.83. The quantitative estimate of drug-likeness (QED) is 0.846. The Morgan fingerprint density at radius 1 is 1.10 bits per heavy atom. The lowest BCUT2D eigenvalue weighted by Gasteiger charge is -2.14. The van der Waals surface area contributed by atoms with Crippen molar-refractivity contribution in [2.45, 2.75) is 26.8 Å². The van der Waals surface area contributed by atoms with Crippen molar-refractivity contribution in [3.05, 3.63) is 62.4 Å². The number of nitrogens with zero attached hydrogens (tertiary/aromatic N) is 2. The van der Waals surface area contributed by atoms with Gasteiger partial charge in [0.2, 0.25) is 0 Å². The van der Waals surface area contributed by atoms with Crippen LogP contribution in [0, 0.1) is 18.6 Å². The molecule has 20 heavy (non-hydrogen) atoms. The summed E-state index contributed by atoms with van der Waals surface area (Å²) in [5.41, 5.74) is -0.764. The van der Waals surface area contributed by atoms with Gasteiger partial charge >= 0.3 is 5.69 Å². The molecule has 0 radical (unpaired) electrons. The monoisotopic (exact) mass is 280 g/mol. The van der Waals surface area contributed by atoms with Gasteiger partial charge in [-0.25, -0.2) is 18.1 Å². The molecule has 2 aromatic rings. The highest BCUT2D eigenvalue weighted by atomic mass is 19.2. The Kier molecular flexibility index (Phi) is 3.57. The van der Waals surface area contributed by atoms with Crippen LogP contribution in [0.2, 0.25) is 0 Å². The van der Waals surface area contributed by atoms with Gasteiger partial charge in [-0.3, -0.25) is 9.36 Å². The zero-order valence-corrected chi connectivity index (χ0v) is 11.4. The molecule has 0 aliphatic rings. The first-order valence-electron chi connectivity index (χ1n) is 6.13. The van der Waals surface area contributed by atoms with Crippen LogP contribution in [0.3, 0.4) is 0 Å². The Hall–Kier alpha value is -2.24. The van der Waals surface area contributed by atoms with Crippen LogP contribution in [0.25, 0.3) is 5.69 Å². The normalized spacial score (nSPS) is 11.1. The van der Waals surface area contributed by atoms with Crippen molar-refractivity contribution in [2.75, 3.05) is 0 Å². The van der Waals surface area contributed by atoms with E-state index in [0.717, 1.165) is 16.7 Å². The largest absolute Gasteiger partial charge is 0.335 e. The number of hydrogen-bond acceptors (Lipinski definition) is 2. The third-order valence-corrected chi connectivity index (χ3v) is 3.00. The van der Waals surface area contributed by atoms with Crippen LogP contribution >= 0.6 is 0 Å². The summed E-state index contributed by atoms with van der Waals surface area (Å²) in [6, 6.07) is 2.77. The summed E-state index contributed by atoms with van der Waals surface area (Å²) in [6.45, 7) is 5.15. The van der Waals surface area contributed by atoms with E-state index in [1.165, 1.54) is 16.8 Å². The number of aryl methyl sites for hydroxylation is 1. The lowest BCUT2D eigenvalue weighted by Crippen LogP contribution is -2.40. The summed E-state index contributed by atoms with van der Waals surface area (Å²) >= 11 is 0. The first-order chi connectivity index (χ1) is 9.32. The highest BCUT2D eigenvalue weighted by molar-refractivity contribution is 5.33. The van der Waals surface area contributed by atoms with Crippen molar-refractivity contribution in [3.63, 3.8) is 0 Å². The molecule has 0 saturated carbocycles. The van der Waals surface area contributed by atoms with Crippen LogP contribution in [-0.2, 0) is 0 Å². The summed E-state index contributed by atoms with van der Waals surface area (Å²) in [6.07, 6.45) is 1.46. The molecule has 1 heterocycles. The summed E-state index contributed by atoms with van der Waals surface area (Å²) in [5.74, 6) is -2.13. The van der Waals surface area contributed by atoms with Crippen molar-refractivity contribution >= 4 is 0 Å². The summed E-state index contributed by atoms with van der Waals surface area (Å²) in [4.78, 5) is 24.4. The second kappa shape index (κ2) is 5.03. The molecule has 106 valence electrons. The van der Waals surface area contributed by atoms with Gasteiger partial charge in [0, 0.05) is 23.9 Å². The zero-order chi connectivity index (χ0) is 15.0. The number of halogens is 2. The molecule has 0 spiro atoms. The predicted molar refractivity (Wildman–Crippen MR) is 71.3 cm³/mol. The highest BCUT2D eigenvalue weighted by Gasteiger charge is 2.14. The maximum absolute atomic E-state index is 13.3. The molecule has 0 aliphatic carbocycles. The molecule has 0 atom stereocenters. The Balaban J connectivity index is 2.82. The Morgan fingerprint density at radius 3 is 2.30 bits per heavy atom. The lowest BCUT2D eigenvalue weighted by molar-refractivity contribution is 0.506. The predicted octanol–water partition coefficient (Wildman–Crippen LogP) is 2.17. The Labute approximate surface area is 113 Å². The molecule has 2 rings (SSSR count). The lowest BCUT2D eigenvalue weighted by atomic mass is 10.2. The van der Waals surface area contributed by atoms with E-state index in [4.69, 9.17) is 0 Å². The Bertz CT molecular complexity index is 776. The summed E-state index contributed by atoms with van der Waals surface area (Å²) < 4.78 is 28.5. The first-order valence-corrected chi connectivity index (χ1v) is 6.13. The summed E-state index contributed by atoms with van der Waals surface area (Å²) in [5, 5.41) is 0. The molecule has 0 saturated heterocycles. The molecular formula is C14H14F2N2O2. The van der Waals surface area contributed by atoms with Gasteiger partial charge < -0.3 is 0 Å². The van der Waals surface area contributed by atoms with Crippen LogP contribution in [0.4, 0.5) is 8.78 Å². The average Bonchev–Trinajstić information content (AvgIpc) is 2.38. The van der Waals surface area contributed by atoms with Gasteiger partial charge in [-0.05, 0) is 32.9 Å². The van der Waals surface area contributed by atoms with Crippen LogP contribution in [0.5, 0.6) is 0 Å². The molecule has 0 bridgehead atoms. The van der Waals surface area contributed by atoms with E-state index in [2.05, 4.69) is 0 Å². The van der Waals surface area contributed by atoms with Crippen molar-refractivity contribution in [1.29, 1.82) is 0 Å². The van der Waals surface area contributed by atoms with E-state index in [0.29, 0.717) is 5.56 Å². The molecule has 6 heteroatoms. The smallest absolute Gasteiger partial charge is 0.297 e. The van der Waals surface area contributed by atoms with Crippen LogP contribution < -0.4 is 11.2 Å². The molecule has 0 unspecified atom stereocenters. The third-order valence-electron chi connectivity index (χ3n) is 3.00. The van der Waals surface area contributed by atoms with Crippen LogP contribution in [0.1, 0.15) is 25.5 Å². The van der Waals surface area contributed by atoms with E-state index in [9.17, 15) is 18.4 Å². The molecular weight excluding hydrogens is 266 g/mol. The van der Waals surface area contributed by atoms with Gasteiger partial charge in [0.25, 0.3) is 5.56 Å². The van der Waals surface area contributed by atoms with E-state index in [1.54, 1.807) is 20.8 Å². The van der Waals surface area contributed by atoms with Gasteiger partial charge in [-0.1, -0.05) is 0 Å². The summed E-state index contributed by atoms with van der Waals surface area (Å²) in [7, 11) is 0. The van der Waals surface area contributed by atoms with Gasteiger partial charge in [-0.2, -0.15) is 0 Å². The molecule has 0 N–H and O–H groups in total. The fourth-order valence-electron chi connectivity index (χ4n) is 1.92. The van der Waals surface area contributed by atoms with Crippen LogP contribution in [0.15, 0.2) is 34.0 Å². The van der Waals surface area contributed by atoms with Crippen molar-refractivity contribution < 1.29 is 8.78 Å². The van der Waals surface area contributed by atoms with Crippen LogP contribution in [-0.4, -0.2) is 9.13 Å². The first kappa shape index (κ1) is 14.2. The Morgan fingerprint density at radius 2 is 1.75 bits per heavy atom. The van der Waals surface area contributed by atoms with Gasteiger partial charge in [0.05, 0.1) is 5.69 Å². The molecule has 4 nitrogen and oxygen atoms in total. The van der Waals surface area contributed by atoms with E-state index in [1.807, 2.05) is 0 Å². The highest BCUT2D eigenvalue weighted by Crippen LogP contribution is 2.11. The number of aromatic nitrogens is 2. The fourth-order valence-corrected chi connectivity index (χ4v) is 1.92. The topological polar surface area (TPSA) is 44.0 Å². The van der Waals surface area contributed by atoms with E-state index < -0.39 is 22.9 Å². The molecule has 0 fully saturated rings. The molecule has 1 aromatic carbocycles. The number of hydrogen-bond donors (Lipinski definition) is 0. The minimum atomic E-state index is -1.11. The van der Waals surface area contributed by atoms with E-state index >= 15 is 0 Å². The molecule has 0 amide bonds. The zero-order valence-electron chi connectivity index (χ0n) is 11.4. The van der Waals surface area contributed by atoms with Gasteiger partial charge in [0.1, 0.15) is 0 Å². The standard InChI is InChI=1S/C14H14F2N2O2/c1-8(2)17-7-9(3)13(19)18(14(17)20)10-4-5-11(15)12(16)6-10/h4-8H,1-3H3. The second-order valence-electron chi connectivity index (χ2n) is 4.83. The third kappa shape index (κ3) is 2.29. The number of rotatable bonds is 2. The SMILES string of the molecule is Cc1cn(C(C)C)c(=O)n(-c2ccc(F)c(F)c2)c1=O. The maximum Gasteiger partial charge on any atom is 0.335 e. The van der Waals surface area contributed by atoms with Gasteiger partial charge in [-0.15, -0.1) is 0 Å². The fraction of sp³-hybridized carbons (Fsp3) is 0.286. The maximum atomic E-state index is 13.3.